The molecule has 0 saturated heterocycles. The van der Waals surface area contributed by atoms with Gasteiger partial charge in [0, 0.05) is 6.04 Å². The van der Waals surface area contributed by atoms with Gasteiger partial charge in [0.15, 0.2) is 0 Å². The zero-order valence-corrected chi connectivity index (χ0v) is 11.1. The molecule has 0 aromatic rings. The van der Waals surface area contributed by atoms with Crippen molar-refractivity contribution in [1.29, 1.82) is 0 Å². The van der Waals surface area contributed by atoms with Crippen LogP contribution >= 0.6 is 0 Å². The van der Waals surface area contributed by atoms with E-state index in [4.69, 9.17) is 0 Å². The fourth-order valence-electron chi connectivity index (χ4n) is 2.82. The summed E-state index contributed by atoms with van der Waals surface area (Å²) in [4.78, 5) is 0. The molecule has 90 valence electrons. The van der Waals surface area contributed by atoms with E-state index in [0.717, 1.165) is 23.8 Å². The Bertz CT molecular complexity index is 165. The molecule has 0 amide bonds. The van der Waals surface area contributed by atoms with Crippen LogP contribution in [0, 0.1) is 17.8 Å². The third kappa shape index (κ3) is 4.14. The van der Waals surface area contributed by atoms with Crippen molar-refractivity contribution in [3.63, 3.8) is 0 Å². The van der Waals surface area contributed by atoms with Gasteiger partial charge in [-0.25, -0.2) is 0 Å². The van der Waals surface area contributed by atoms with Gasteiger partial charge in [0.05, 0.1) is 0 Å². The molecule has 0 bridgehead atoms. The average molecular weight is 211 g/mol. The highest BCUT2D eigenvalue weighted by molar-refractivity contribution is 4.86. The van der Waals surface area contributed by atoms with Gasteiger partial charge in [-0.05, 0) is 50.0 Å². The van der Waals surface area contributed by atoms with E-state index in [0.29, 0.717) is 0 Å². The maximum Gasteiger partial charge on any atom is 0.00954 e. The van der Waals surface area contributed by atoms with Gasteiger partial charge in [-0.15, -0.1) is 0 Å². The predicted octanol–water partition coefficient (Wildman–Crippen LogP) is 3.84. The fraction of sp³-hybridized carbons (Fsp3) is 1.00. The minimum absolute atomic E-state index is 0.808. The molecule has 0 heterocycles. The van der Waals surface area contributed by atoms with E-state index >= 15 is 0 Å². The lowest BCUT2D eigenvalue weighted by Gasteiger charge is -2.22. The zero-order chi connectivity index (χ0) is 11.3. The van der Waals surface area contributed by atoms with Crippen molar-refractivity contribution in [2.24, 2.45) is 17.8 Å². The van der Waals surface area contributed by atoms with Gasteiger partial charge in [0.2, 0.25) is 0 Å². The molecule has 1 heteroatoms. The Labute approximate surface area is 96.0 Å². The second kappa shape index (κ2) is 6.52. The summed E-state index contributed by atoms with van der Waals surface area (Å²) in [6.45, 7) is 10.6. The Morgan fingerprint density at radius 2 is 2.00 bits per heavy atom. The van der Waals surface area contributed by atoms with E-state index in [-0.39, 0.29) is 0 Å². The monoisotopic (exact) mass is 211 g/mol. The van der Waals surface area contributed by atoms with Crippen LogP contribution in [0.1, 0.15) is 59.8 Å². The molecule has 1 rings (SSSR count). The molecule has 1 aliphatic carbocycles. The van der Waals surface area contributed by atoms with Crippen LogP contribution in [0.15, 0.2) is 0 Å². The number of hydrogen-bond acceptors (Lipinski definition) is 1. The smallest absolute Gasteiger partial charge is 0.00954 e. The van der Waals surface area contributed by atoms with Crippen molar-refractivity contribution in [3.8, 4) is 0 Å². The lowest BCUT2D eigenvalue weighted by atomic mass is 9.89. The van der Waals surface area contributed by atoms with Gasteiger partial charge in [0.1, 0.15) is 0 Å². The Morgan fingerprint density at radius 3 is 2.60 bits per heavy atom. The average Bonchev–Trinajstić information content (AvgIpc) is 2.54. The molecule has 0 aliphatic heterocycles. The molecular weight excluding hydrogens is 182 g/mol. The minimum Gasteiger partial charge on any atom is -0.314 e. The van der Waals surface area contributed by atoms with Crippen LogP contribution in [0.2, 0.25) is 0 Å². The summed E-state index contributed by atoms with van der Waals surface area (Å²) in [6.07, 6.45) is 6.98. The molecule has 15 heavy (non-hydrogen) atoms. The molecule has 0 spiro atoms. The topological polar surface area (TPSA) is 12.0 Å². The van der Waals surface area contributed by atoms with Crippen molar-refractivity contribution in [3.05, 3.63) is 0 Å². The summed E-state index contributed by atoms with van der Waals surface area (Å²) >= 11 is 0. The van der Waals surface area contributed by atoms with Crippen molar-refractivity contribution in [2.75, 3.05) is 6.54 Å². The van der Waals surface area contributed by atoms with Crippen molar-refractivity contribution in [2.45, 2.75) is 65.8 Å². The molecule has 1 aliphatic rings. The van der Waals surface area contributed by atoms with Crippen LogP contribution in [0.3, 0.4) is 0 Å². The highest BCUT2D eigenvalue weighted by Crippen LogP contribution is 2.35. The number of rotatable bonds is 6. The van der Waals surface area contributed by atoms with Crippen molar-refractivity contribution in [1.82, 2.24) is 5.32 Å². The quantitative estimate of drug-likeness (QED) is 0.704. The van der Waals surface area contributed by atoms with E-state index in [1.165, 1.54) is 38.6 Å². The van der Waals surface area contributed by atoms with Crippen LogP contribution in [-0.2, 0) is 0 Å². The van der Waals surface area contributed by atoms with Crippen molar-refractivity contribution >= 4 is 0 Å². The molecule has 0 aromatic carbocycles. The van der Waals surface area contributed by atoms with Crippen LogP contribution in [0.5, 0.6) is 0 Å². The van der Waals surface area contributed by atoms with Gasteiger partial charge < -0.3 is 5.32 Å². The van der Waals surface area contributed by atoms with E-state index < -0.39 is 0 Å². The number of hydrogen-bond donors (Lipinski definition) is 1. The lowest BCUT2D eigenvalue weighted by Crippen LogP contribution is -2.33. The van der Waals surface area contributed by atoms with Gasteiger partial charge in [0.25, 0.3) is 0 Å². The van der Waals surface area contributed by atoms with Gasteiger partial charge >= 0.3 is 0 Å². The molecule has 0 aromatic heterocycles. The lowest BCUT2D eigenvalue weighted by molar-refractivity contribution is 0.319. The largest absolute Gasteiger partial charge is 0.314 e. The molecule has 0 radical (unpaired) electrons. The fourth-order valence-corrected chi connectivity index (χ4v) is 2.82. The molecule has 1 fully saturated rings. The summed E-state index contributed by atoms with van der Waals surface area (Å²) in [5.74, 6) is 2.76. The Balaban J connectivity index is 2.25. The summed E-state index contributed by atoms with van der Waals surface area (Å²) < 4.78 is 0. The van der Waals surface area contributed by atoms with E-state index in [9.17, 15) is 0 Å². The van der Waals surface area contributed by atoms with Crippen molar-refractivity contribution < 1.29 is 0 Å². The molecule has 1 saturated carbocycles. The Hall–Kier alpha value is -0.0400. The van der Waals surface area contributed by atoms with Gasteiger partial charge in [-0.1, -0.05) is 34.1 Å². The van der Waals surface area contributed by atoms with E-state index in [1.54, 1.807) is 0 Å². The zero-order valence-electron chi connectivity index (χ0n) is 11.1. The van der Waals surface area contributed by atoms with Gasteiger partial charge in [-0.2, -0.15) is 0 Å². The number of nitrogens with one attached hydrogen (secondary N) is 1. The highest BCUT2D eigenvalue weighted by atomic mass is 14.9. The van der Waals surface area contributed by atoms with Gasteiger partial charge in [-0.3, -0.25) is 0 Å². The minimum atomic E-state index is 0.808. The third-order valence-electron chi connectivity index (χ3n) is 4.00. The molecular formula is C14H29N. The first-order valence-corrected chi connectivity index (χ1v) is 6.88. The summed E-state index contributed by atoms with van der Waals surface area (Å²) in [5, 5.41) is 3.70. The first-order chi connectivity index (χ1) is 7.15. The van der Waals surface area contributed by atoms with E-state index in [2.05, 4.69) is 33.0 Å². The maximum absolute atomic E-state index is 3.70. The molecule has 1 nitrogen and oxygen atoms in total. The molecule has 1 N–H and O–H groups in total. The SMILES string of the molecule is CCCNC1CCC(CCC(C)C)C1C. The standard InChI is InChI=1S/C14H29N/c1-5-10-15-14-9-8-13(12(14)4)7-6-11(2)3/h11-15H,5-10H2,1-4H3. The summed E-state index contributed by atoms with van der Waals surface area (Å²) in [6, 6.07) is 0.808. The maximum atomic E-state index is 3.70. The Kier molecular flexibility index (Phi) is 5.66. The predicted molar refractivity (Wildman–Crippen MR) is 68.0 cm³/mol. The summed E-state index contributed by atoms with van der Waals surface area (Å²) in [5.41, 5.74) is 0. The first kappa shape index (κ1) is 13.0. The van der Waals surface area contributed by atoms with Crippen LogP contribution < -0.4 is 5.32 Å². The van der Waals surface area contributed by atoms with Crippen LogP contribution in [0.4, 0.5) is 0 Å². The van der Waals surface area contributed by atoms with E-state index in [1.807, 2.05) is 0 Å². The van der Waals surface area contributed by atoms with Crippen LogP contribution in [-0.4, -0.2) is 12.6 Å². The summed E-state index contributed by atoms with van der Waals surface area (Å²) in [7, 11) is 0. The molecule has 3 atom stereocenters. The molecule has 3 unspecified atom stereocenters. The van der Waals surface area contributed by atoms with Crippen LogP contribution in [0.25, 0.3) is 0 Å². The second-order valence-corrected chi connectivity index (χ2v) is 5.73. The first-order valence-electron chi connectivity index (χ1n) is 6.88. The second-order valence-electron chi connectivity index (χ2n) is 5.73. The normalized spacial score (nSPS) is 31.4. The highest BCUT2D eigenvalue weighted by Gasteiger charge is 2.31. The third-order valence-corrected chi connectivity index (χ3v) is 4.00. The Morgan fingerprint density at radius 1 is 1.27 bits per heavy atom.